The van der Waals surface area contributed by atoms with Gasteiger partial charge in [-0.05, 0) is 73.2 Å². The molecule has 1 unspecified atom stereocenters. The van der Waals surface area contributed by atoms with Gasteiger partial charge in [-0.3, -0.25) is 4.31 Å². The van der Waals surface area contributed by atoms with Crippen molar-refractivity contribution in [3.63, 3.8) is 0 Å². The Morgan fingerprint density at radius 2 is 1.62 bits per heavy atom. The minimum absolute atomic E-state index is 0.0648. The summed E-state index contributed by atoms with van der Waals surface area (Å²) in [6, 6.07) is 9.24. The first-order valence-corrected chi connectivity index (χ1v) is 10.4. The summed E-state index contributed by atoms with van der Waals surface area (Å²) >= 11 is 0. The summed E-state index contributed by atoms with van der Waals surface area (Å²) in [7, 11) is -3.88. The van der Waals surface area contributed by atoms with Crippen molar-refractivity contribution in [2.45, 2.75) is 55.4 Å². The molecule has 1 atom stereocenters. The Kier molecular flexibility index (Phi) is 4.06. The monoisotopic (exact) mass is 377 g/mol. The SMILES string of the molecule is CC1CC2(CCCC2)N(S(=O)(=O)c2ccc(F)cc2)c2ccc(F)cc21. The van der Waals surface area contributed by atoms with E-state index in [0.717, 1.165) is 37.8 Å². The summed E-state index contributed by atoms with van der Waals surface area (Å²) in [5, 5.41) is 0. The van der Waals surface area contributed by atoms with E-state index in [1.54, 1.807) is 6.07 Å². The van der Waals surface area contributed by atoms with Crippen molar-refractivity contribution < 1.29 is 17.2 Å². The highest BCUT2D eigenvalue weighted by atomic mass is 32.2. The molecule has 1 aliphatic carbocycles. The molecular formula is C20H21F2NO2S. The summed E-state index contributed by atoms with van der Waals surface area (Å²) in [6.45, 7) is 2.03. The zero-order valence-electron chi connectivity index (χ0n) is 14.6. The third kappa shape index (κ3) is 2.62. The topological polar surface area (TPSA) is 37.4 Å². The van der Waals surface area contributed by atoms with Crippen molar-refractivity contribution in [3.05, 3.63) is 59.7 Å². The Hall–Kier alpha value is -1.95. The van der Waals surface area contributed by atoms with Gasteiger partial charge in [0.05, 0.1) is 16.1 Å². The fourth-order valence-electron chi connectivity index (χ4n) is 4.66. The van der Waals surface area contributed by atoms with Crippen LogP contribution in [0.3, 0.4) is 0 Å². The summed E-state index contributed by atoms with van der Waals surface area (Å²) in [6.07, 6.45) is 4.18. The molecule has 1 fully saturated rings. The van der Waals surface area contributed by atoms with Crippen LogP contribution < -0.4 is 4.31 Å². The predicted octanol–water partition coefficient (Wildman–Crippen LogP) is 4.98. The van der Waals surface area contributed by atoms with Crippen LogP contribution in [0.4, 0.5) is 14.5 Å². The Morgan fingerprint density at radius 1 is 1.00 bits per heavy atom. The molecule has 4 rings (SSSR count). The molecule has 0 saturated heterocycles. The molecule has 1 heterocycles. The number of nitrogens with zero attached hydrogens (tertiary/aromatic N) is 1. The number of halogens is 2. The zero-order chi connectivity index (χ0) is 18.5. The van der Waals surface area contributed by atoms with Gasteiger partial charge in [-0.25, -0.2) is 17.2 Å². The van der Waals surface area contributed by atoms with Crippen LogP contribution in [0.5, 0.6) is 0 Å². The molecule has 0 amide bonds. The summed E-state index contributed by atoms with van der Waals surface area (Å²) in [4.78, 5) is 0.0648. The lowest BCUT2D eigenvalue weighted by Gasteiger charge is -2.48. The normalized spacial score (nSPS) is 21.8. The molecule has 3 nitrogen and oxygen atoms in total. The van der Waals surface area contributed by atoms with Gasteiger partial charge in [0.15, 0.2) is 0 Å². The number of hydrogen-bond acceptors (Lipinski definition) is 2. The van der Waals surface area contributed by atoms with Gasteiger partial charge in [-0.15, -0.1) is 0 Å². The smallest absolute Gasteiger partial charge is 0.260 e. The highest BCUT2D eigenvalue weighted by Crippen LogP contribution is 2.52. The highest BCUT2D eigenvalue weighted by molar-refractivity contribution is 7.93. The van der Waals surface area contributed by atoms with E-state index < -0.39 is 21.4 Å². The van der Waals surface area contributed by atoms with E-state index in [9.17, 15) is 17.2 Å². The second-order valence-corrected chi connectivity index (χ2v) is 9.25. The summed E-state index contributed by atoms with van der Waals surface area (Å²) in [5.74, 6) is -0.759. The van der Waals surface area contributed by atoms with E-state index in [1.807, 2.05) is 6.92 Å². The maximum Gasteiger partial charge on any atom is 0.264 e. The predicted molar refractivity (Wildman–Crippen MR) is 96.7 cm³/mol. The van der Waals surface area contributed by atoms with Gasteiger partial charge < -0.3 is 0 Å². The van der Waals surface area contributed by atoms with Gasteiger partial charge in [-0.1, -0.05) is 19.8 Å². The van der Waals surface area contributed by atoms with E-state index in [4.69, 9.17) is 0 Å². The maximum absolute atomic E-state index is 13.8. The molecule has 2 aromatic rings. The maximum atomic E-state index is 13.8. The molecule has 138 valence electrons. The fourth-order valence-corrected chi connectivity index (χ4v) is 6.54. The second kappa shape index (κ2) is 6.05. The molecule has 2 aromatic carbocycles. The molecule has 0 aromatic heterocycles. The van der Waals surface area contributed by atoms with Crippen LogP contribution in [0.15, 0.2) is 47.4 Å². The van der Waals surface area contributed by atoms with Gasteiger partial charge in [0.2, 0.25) is 0 Å². The fraction of sp³-hybridized carbons (Fsp3) is 0.400. The van der Waals surface area contributed by atoms with E-state index in [2.05, 4.69) is 0 Å². The average Bonchev–Trinajstić information content (AvgIpc) is 3.04. The van der Waals surface area contributed by atoms with Gasteiger partial charge in [0, 0.05) is 0 Å². The Bertz CT molecular complexity index is 935. The molecule has 0 radical (unpaired) electrons. The number of benzene rings is 2. The lowest BCUT2D eigenvalue weighted by molar-refractivity contribution is 0.360. The molecular weight excluding hydrogens is 356 g/mol. The molecule has 0 bridgehead atoms. The van der Waals surface area contributed by atoms with Crippen molar-refractivity contribution >= 4 is 15.7 Å². The average molecular weight is 377 g/mol. The standard InChI is InChI=1S/C20H21F2NO2S/c1-14-13-20(10-2-3-11-20)23(19-9-6-16(22)12-18(14)19)26(24,25)17-7-4-15(21)5-8-17/h4-9,12,14H,2-3,10-11,13H2,1H3. The molecule has 1 aliphatic heterocycles. The van der Waals surface area contributed by atoms with Crippen LogP contribution >= 0.6 is 0 Å². The molecule has 6 heteroatoms. The molecule has 26 heavy (non-hydrogen) atoms. The van der Waals surface area contributed by atoms with Gasteiger partial charge in [0.1, 0.15) is 11.6 Å². The van der Waals surface area contributed by atoms with Gasteiger partial charge in [0.25, 0.3) is 10.0 Å². The van der Waals surface area contributed by atoms with E-state index in [1.165, 1.54) is 28.6 Å². The largest absolute Gasteiger partial charge is 0.264 e. The van der Waals surface area contributed by atoms with Crippen molar-refractivity contribution in [1.82, 2.24) is 0 Å². The van der Waals surface area contributed by atoms with Crippen LogP contribution in [0, 0.1) is 11.6 Å². The van der Waals surface area contributed by atoms with E-state index in [-0.39, 0.29) is 16.6 Å². The Labute approximate surface area is 152 Å². The van der Waals surface area contributed by atoms with Crippen LogP contribution in [0.2, 0.25) is 0 Å². The van der Waals surface area contributed by atoms with Crippen LogP contribution in [0.25, 0.3) is 0 Å². The molecule has 0 N–H and O–H groups in total. The van der Waals surface area contributed by atoms with Crippen LogP contribution in [-0.4, -0.2) is 14.0 Å². The molecule has 1 saturated carbocycles. The first kappa shape index (κ1) is 17.5. The Balaban J connectivity index is 1.93. The van der Waals surface area contributed by atoms with E-state index in [0.29, 0.717) is 17.7 Å². The highest BCUT2D eigenvalue weighted by Gasteiger charge is 2.50. The quantitative estimate of drug-likeness (QED) is 0.740. The third-order valence-corrected chi connectivity index (χ3v) is 7.67. The number of fused-ring (bicyclic) bond motifs is 1. The van der Waals surface area contributed by atoms with Crippen LogP contribution in [0.1, 0.15) is 50.5 Å². The first-order valence-electron chi connectivity index (χ1n) is 8.94. The number of sulfonamides is 1. The Morgan fingerprint density at radius 3 is 2.27 bits per heavy atom. The number of rotatable bonds is 2. The summed E-state index contributed by atoms with van der Waals surface area (Å²) in [5.41, 5.74) is 0.780. The summed E-state index contributed by atoms with van der Waals surface area (Å²) < 4.78 is 55.7. The van der Waals surface area contributed by atoms with Gasteiger partial charge >= 0.3 is 0 Å². The molecule has 1 spiro atoms. The van der Waals surface area contributed by atoms with Crippen molar-refractivity contribution in [2.75, 3.05) is 4.31 Å². The first-order chi connectivity index (χ1) is 12.3. The minimum Gasteiger partial charge on any atom is -0.260 e. The second-order valence-electron chi connectivity index (χ2n) is 7.46. The van der Waals surface area contributed by atoms with Crippen molar-refractivity contribution in [3.8, 4) is 0 Å². The lowest BCUT2D eigenvalue weighted by Crippen LogP contribution is -2.53. The lowest BCUT2D eigenvalue weighted by atomic mass is 9.78. The molecule has 2 aliphatic rings. The third-order valence-electron chi connectivity index (χ3n) is 5.74. The number of hydrogen-bond donors (Lipinski definition) is 0. The minimum atomic E-state index is -3.88. The van der Waals surface area contributed by atoms with Crippen molar-refractivity contribution in [1.29, 1.82) is 0 Å². The van der Waals surface area contributed by atoms with Crippen LogP contribution in [-0.2, 0) is 10.0 Å². The number of anilines is 1. The van der Waals surface area contributed by atoms with E-state index >= 15 is 0 Å². The zero-order valence-corrected chi connectivity index (χ0v) is 15.4. The van der Waals surface area contributed by atoms with Gasteiger partial charge in [-0.2, -0.15) is 0 Å². The van der Waals surface area contributed by atoms with Crippen molar-refractivity contribution in [2.24, 2.45) is 0 Å².